The highest BCUT2D eigenvalue weighted by molar-refractivity contribution is 5.26. The molecule has 0 spiro atoms. The highest BCUT2D eigenvalue weighted by atomic mass is 16.5. The molecule has 72 valence electrons. The summed E-state index contributed by atoms with van der Waals surface area (Å²) in [5, 5.41) is 9.33. The van der Waals surface area contributed by atoms with Gasteiger partial charge in [0.2, 0.25) is 11.2 Å². The van der Waals surface area contributed by atoms with Crippen molar-refractivity contribution in [1.29, 1.82) is 0 Å². The van der Waals surface area contributed by atoms with E-state index in [4.69, 9.17) is 14.9 Å². The first-order valence-electron chi connectivity index (χ1n) is 3.74. The van der Waals surface area contributed by atoms with E-state index in [1.165, 1.54) is 19.4 Å². The van der Waals surface area contributed by atoms with E-state index < -0.39 is 6.10 Å². The molecule has 0 bridgehead atoms. The lowest BCUT2D eigenvalue weighted by molar-refractivity contribution is 0.148. The fraction of sp³-hybridized carbons (Fsp3) is 0.375. The van der Waals surface area contributed by atoms with Gasteiger partial charge in [-0.25, -0.2) is 0 Å². The molecule has 0 saturated carbocycles. The van der Waals surface area contributed by atoms with Gasteiger partial charge in [-0.1, -0.05) is 0 Å². The van der Waals surface area contributed by atoms with Gasteiger partial charge >= 0.3 is 0 Å². The van der Waals surface area contributed by atoms with Crippen molar-refractivity contribution < 1.29 is 14.3 Å². The van der Waals surface area contributed by atoms with Gasteiger partial charge in [-0.15, -0.1) is 0 Å². The smallest absolute Gasteiger partial charge is 0.227 e. The lowest BCUT2D eigenvalue weighted by atomic mass is 10.2. The predicted molar refractivity (Wildman–Crippen MR) is 45.5 cm³/mol. The SMILES string of the molecule is COc1c(C(O)CN)occc1=O. The Bertz CT molecular complexity index is 333. The molecule has 1 heterocycles. The fourth-order valence-electron chi connectivity index (χ4n) is 0.958. The summed E-state index contributed by atoms with van der Waals surface area (Å²) in [5.74, 6) is 0.0675. The second-order valence-electron chi connectivity index (χ2n) is 2.43. The Morgan fingerprint density at radius 3 is 3.00 bits per heavy atom. The van der Waals surface area contributed by atoms with E-state index in [0.717, 1.165) is 0 Å². The maximum atomic E-state index is 11.2. The third-order valence-electron chi connectivity index (χ3n) is 1.59. The van der Waals surface area contributed by atoms with E-state index in [9.17, 15) is 9.90 Å². The van der Waals surface area contributed by atoms with Gasteiger partial charge < -0.3 is 20.0 Å². The highest BCUT2D eigenvalue weighted by Gasteiger charge is 2.16. The minimum atomic E-state index is -1.01. The summed E-state index contributed by atoms with van der Waals surface area (Å²) in [6.07, 6.45) is 0.183. The molecule has 0 saturated heterocycles. The first-order chi connectivity index (χ1) is 6.20. The van der Waals surface area contributed by atoms with Crippen LogP contribution in [0.3, 0.4) is 0 Å². The predicted octanol–water partition coefficient (Wildman–Crippen LogP) is -0.359. The molecule has 0 fully saturated rings. The minimum Gasteiger partial charge on any atom is -0.490 e. The molecule has 0 radical (unpaired) electrons. The Morgan fingerprint density at radius 2 is 2.46 bits per heavy atom. The Kier molecular flexibility index (Phi) is 3.05. The number of aliphatic hydroxyl groups excluding tert-OH is 1. The van der Waals surface area contributed by atoms with Gasteiger partial charge in [-0.3, -0.25) is 4.79 Å². The number of aliphatic hydroxyl groups is 1. The summed E-state index contributed by atoms with van der Waals surface area (Å²) in [7, 11) is 1.33. The van der Waals surface area contributed by atoms with Crippen molar-refractivity contribution in [2.45, 2.75) is 6.10 Å². The number of nitrogens with two attached hydrogens (primary N) is 1. The Labute approximate surface area is 74.7 Å². The normalized spacial score (nSPS) is 12.5. The van der Waals surface area contributed by atoms with E-state index in [1.54, 1.807) is 0 Å². The molecule has 13 heavy (non-hydrogen) atoms. The van der Waals surface area contributed by atoms with Crippen LogP contribution in [0.15, 0.2) is 21.5 Å². The van der Waals surface area contributed by atoms with Gasteiger partial charge in [0.15, 0.2) is 5.76 Å². The van der Waals surface area contributed by atoms with Crippen molar-refractivity contribution in [1.82, 2.24) is 0 Å². The Hall–Kier alpha value is -1.33. The zero-order chi connectivity index (χ0) is 9.84. The van der Waals surface area contributed by atoms with Gasteiger partial charge in [0.05, 0.1) is 13.4 Å². The van der Waals surface area contributed by atoms with Crippen LogP contribution in [0.5, 0.6) is 5.75 Å². The van der Waals surface area contributed by atoms with Crippen molar-refractivity contribution in [3.63, 3.8) is 0 Å². The number of hydrogen-bond acceptors (Lipinski definition) is 5. The van der Waals surface area contributed by atoms with Gasteiger partial charge in [0, 0.05) is 12.6 Å². The summed E-state index contributed by atoms with van der Waals surface area (Å²) >= 11 is 0. The molecule has 0 amide bonds. The van der Waals surface area contributed by atoms with E-state index >= 15 is 0 Å². The van der Waals surface area contributed by atoms with Crippen LogP contribution in [0.1, 0.15) is 11.9 Å². The summed E-state index contributed by atoms with van der Waals surface area (Å²) in [5.41, 5.74) is 4.87. The molecule has 1 rings (SSSR count). The van der Waals surface area contributed by atoms with Gasteiger partial charge in [0.25, 0.3) is 0 Å². The molecule has 0 aliphatic carbocycles. The van der Waals surface area contributed by atoms with Crippen molar-refractivity contribution in [3.05, 3.63) is 28.3 Å². The summed E-state index contributed by atoms with van der Waals surface area (Å²) in [4.78, 5) is 11.2. The number of methoxy groups -OCH3 is 1. The van der Waals surface area contributed by atoms with Crippen LogP contribution in [0, 0.1) is 0 Å². The van der Waals surface area contributed by atoms with Crippen molar-refractivity contribution in [2.24, 2.45) is 5.73 Å². The summed E-state index contributed by atoms with van der Waals surface area (Å²) < 4.78 is 9.71. The summed E-state index contributed by atoms with van der Waals surface area (Å²) in [6.45, 7) is -0.0245. The van der Waals surface area contributed by atoms with Gasteiger partial charge in [0.1, 0.15) is 6.10 Å². The largest absolute Gasteiger partial charge is 0.490 e. The second-order valence-corrected chi connectivity index (χ2v) is 2.43. The van der Waals surface area contributed by atoms with Crippen LogP contribution in [0.2, 0.25) is 0 Å². The second kappa shape index (κ2) is 4.06. The molecule has 1 atom stereocenters. The van der Waals surface area contributed by atoms with Crippen LogP contribution in [0.4, 0.5) is 0 Å². The number of rotatable bonds is 3. The molecule has 1 aromatic rings. The molecule has 3 N–H and O–H groups in total. The molecule has 0 aliphatic heterocycles. The van der Waals surface area contributed by atoms with Gasteiger partial charge in [-0.05, 0) is 0 Å². The molecule has 0 aliphatic rings. The average Bonchev–Trinajstić information content (AvgIpc) is 2.16. The monoisotopic (exact) mass is 185 g/mol. The summed E-state index contributed by atoms with van der Waals surface area (Å²) in [6, 6.07) is 1.21. The Morgan fingerprint density at radius 1 is 1.77 bits per heavy atom. The Balaban J connectivity index is 3.20. The molecule has 0 aromatic carbocycles. The zero-order valence-electron chi connectivity index (χ0n) is 7.19. The lowest BCUT2D eigenvalue weighted by Gasteiger charge is -2.09. The van der Waals surface area contributed by atoms with Crippen LogP contribution in [-0.4, -0.2) is 18.8 Å². The topological polar surface area (TPSA) is 85.7 Å². The molecular formula is C8H11NO4. The first-order valence-corrected chi connectivity index (χ1v) is 3.74. The third kappa shape index (κ3) is 1.88. The van der Waals surface area contributed by atoms with Gasteiger partial charge in [-0.2, -0.15) is 0 Å². The molecule has 5 nitrogen and oxygen atoms in total. The quantitative estimate of drug-likeness (QED) is 0.671. The van der Waals surface area contributed by atoms with E-state index in [-0.39, 0.29) is 23.5 Å². The van der Waals surface area contributed by atoms with Crippen LogP contribution < -0.4 is 15.9 Å². The fourth-order valence-corrected chi connectivity index (χ4v) is 0.958. The van der Waals surface area contributed by atoms with Crippen molar-refractivity contribution in [2.75, 3.05) is 13.7 Å². The molecule has 1 aromatic heterocycles. The highest BCUT2D eigenvalue weighted by Crippen LogP contribution is 2.19. The van der Waals surface area contributed by atoms with Crippen LogP contribution in [0.25, 0.3) is 0 Å². The lowest BCUT2D eigenvalue weighted by Crippen LogP contribution is -2.16. The number of hydrogen-bond donors (Lipinski definition) is 2. The zero-order valence-corrected chi connectivity index (χ0v) is 7.19. The van der Waals surface area contributed by atoms with Crippen LogP contribution in [-0.2, 0) is 0 Å². The van der Waals surface area contributed by atoms with E-state index in [0.29, 0.717) is 0 Å². The van der Waals surface area contributed by atoms with Crippen molar-refractivity contribution in [3.8, 4) is 5.75 Å². The maximum Gasteiger partial charge on any atom is 0.227 e. The maximum absolute atomic E-state index is 11.2. The van der Waals surface area contributed by atoms with Crippen molar-refractivity contribution >= 4 is 0 Å². The minimum absolute atomic E-state index is 0.000417. The molecule has 5 heteroatoms. The molecule has 1 unspecified atom stereocenters. The first kappa shape index (κ1) is 9.76. The average molecular weight is 185 g/mol. The number of ether oxygens (including phenoxy) is 1. The van der Waals surface area contributed by atoms with E-state index in [2.05, 4.69) is 0 Å². The van der Waals surface area contributed by atoms with Crippen LogP contribution >= 0.6 is 0 Å². The third-order valence-corrected chi connectivity index (χ3v) is 1.59. The standard InChI is InChI=1S/C8H11NO4/c1-12-7-5(10)2-3-13-8(7)6(11)4-9/h2-3,6,11H,4,9H2,1H3. The molecular weight excluding hydrogens is 174 g/mol. The van der Waals surface area contributed by atoms with E-state index in [1.807, 2.05) is 0 Å².